The minimum absolute atomic E-state index is 0.356. The number of benzene rings is 12. The molecule has 0 fully saturated rings. The molecule has 4 nitrogen and oxygen atoms in total. The summed E-state index contributed by atoms with van der Waals surface area (Å²) in [6.45, 7) is 13.1. The van der Waals surface area contributed by atoms with Crippen LogP contribution in [0.3, 0.4) is 0 Å². The predicted octanol–water partition coefficient (Wildman–Crippen LogP) is 21.7. The molecular weight excluding hydrogens is 1000 g/mol. The van der Waals surface area contributed by atoms with E-state index in [0.717, 1.165) is 78.7 Å². The molecule has 4 heteroatoms. The summed E-state index contributed by atoms with van der Waals surface area (Å²) in [5, 5.41) is 4.73. The largest absolute Gasteiger partial charge is 0.310 e. The Bertz CT molecular complexity index is 4510. The minimum Gasteiger partial charge on any atom is -0.310 e. The van der Waals surface area contributed by atoms with E-state index in [1.165, 1.54) is 66.1 Å². The first-order valence-corrected chi connectivity index (χ1v) is 28.5. The fourth-order valence-electron chi connectivity index (χ4n) is 13.1. The molecule has 0 bridgehead atoms. The van der Waals surface area contributed by atoms with Crippen LogP contribution in [-0.2, 0) is 5.41 Å². The number of hydrogen-bond donors (Lipinski definition) is 0. The van der Waals surface area contributed by atoms with E-state index in [4.69, 9.17) is 0 Å². The highest BCUT2D eigenvalue weighted by molar-refractivity contribution is 6.13. The molecule has 14 aromatic rings. The molecule has 0 saturated carbocycles. The highest BCUT2D eigenvalue weighted by atomic mass is 15.2. The Labute approximate surface area is 484 Å². The van der Waals surface area contributed by atoms with Gasteiger partial charge < -0.3 is 18.9 Å². The lowest BCUT2D eigenvalue weighted by Gasteiger charge is -2.29. The SMILES string of the molecule is C=Cc1ccc2c(c1)c1cc(N(c3ccc(-c4ccccc4)cc3)c3ccc4c(c3)C(C)(C)c3cc(N(c5ccc(-c6ccccc6)cc5)c5ccc6c(c5)c5cc(C=C)ccc5n6-c5ccccc5)ccc3-4)ccc1n2-c1ccccc1. The number of aromatic nitrogens is 2. The van der Waals surface area contributed by atoms with E-state index in [2.05, 4.69) is 325 Å². The van der Waals surface area contributed by atoms with Crippen LogP contribution in [-0.4, -0.2) is 9.13 Å². The molecule has 0 unspecified atom stereocenters. The number of anilines is 6. The summed E-state index contributed by atoms with van der Waals surface area (Å²) >= 11 is 0. The second kappa shape index (κ2) is 19.8. The first kappa shape index (κ1) is 49.4. The van der Waals surface area contributed by atoms with Crippen molar-refractivity contribution in [1.82, 2.24) is 9.13 Å². The lowest BCUT2D eigenvalue weighted by atomic mass is 9.82. The molecule has 1 aliphatic carbocycles. The standard InChI is InChI=1S/C79H58N4/c1-5-53-27-43-75-69(47-53)71-49-63(39-45-77(71)82(75)59-23-15-9-16-24-59)80(61-33-29-57(30-34-61)55-19-11-7-12-20-55)65-37-41-67-68-42-38-66(52-74(68)79(3,4)73(67)51-65)81(62-35-31-58(32-36-62)56-21-13-8-14-22-56)64-40-46-78-72(50-64)70-48-54(6-2)28-44-76(70)83(78)60-25-17-10-18-26-60/h5-52H,1-2H2,3-4H3. The van der Waals surface area contributed by atoms with Gasteiger partial charge in [-0.2, -0.15) is 0 Å². The first-order valence-electron chi connectivity index (χ1n) is 28.5. The zero-order chi connectivity index (χ0) is 55.8. The fraction of sp³-hybridized carbons (Fsp3) is 0.0380. The van der Waals surface area contributed by atoms with Crippen LogP contribution in [0.4, 0.5) is 34.1 Å². The third-order valence-electron chi connectivity index (χ3n) is 17.2. The second-order valence-electron chi connectivity index (χ2n) is 22.3. The van der Waals surface area contributed by atoms with Crippen molar-refractivity contribution in [2.24, 2.45) is 0 Å². The van der Waals surface area contributed by atoms with E-state index in [1.54, 1.807) is 0 Å². The van der Waals surface area contributed by atoms with Crippen molar-refractivity contribution in [3.63, 3.8) is 0 Å². The minimum atomic E-state index is -0.356. The van der Waals surface area contributed by atoms with Crippen molar-refractivity contribution >= 4 is 89.9 Å². The normalized spacial score (nSPS) is 12.4. The molecule has 0 aliphatic heterocycles. The summed E-state index contributed by atoms with van der Waals surface area (Å²) in [4.78, 5) is 4.87. The lowest BCUT2D eigenvalue weighted by molar-refractivity contribution is 0.660. The Morgan fingerprint density at radius 3 is 0.976 bits per heavy atom. The zero-order valence-corrected chi connectivity index (χ0v) is 46.4. The van der Waals surface area contributed by atoms with Gasteiger partial charge in [0.05, 0.1) is 22.1 Å². The van der Waals surface area contributed by atoms with E-state index in [0.29, 0.717) is 0 Å². The molecule has 2 heterocycles. The van der Waals surface area contributed by atoms with E-state index in [9.17, 15) is 0 Å². The van der Waals surface area contributed by atoms with E-state index >= 15 is 0 Å². The number of para-hydroxylation sites is 2. The Morgan fingerprint density at radius 1 is 0.301 bits per heavy atom. The lowest BCUT2D eigenvalue weighted by Crippen LogP contribution is -2.17. The van der Waals surface area contributed by atoms with Gasteiger partial charge in [-0.15, -0.1) is 0 Å². The summed E-state index contributed by atoms with van der Waals surface area (Å²) in [5.41, 5.74) is 25.0. The first-order chi connectivity index (χ1) is 40.8. The number of rotatable bonds is 12. The van der Waals surface area contributed by atoms with E-state index in [-0.39, 0.29) is 5.41 Å². The van der Waals surface area contributed by atoms with Gasteiger partial charge in [-0.25, -0.2) is 0 Å². The molecule has 0 spiro atoms. The Morgan fingerprint density at radius 2 is 0.602 bits per heavy atom. The monoisotopic (exact) mass is 1060 g/mol. The molecule has 0 radical (unpaired) electrons. The molecule has 0 amide bonds. The Kier molecular flexibility index (Phi) is 11.8. The average Bonchev–Trinajstić information content (AvgIpc) is 4.23. The molecule has 0 N–H and O–H groups in total. The summed E-state index contributed by atoms with van der Waals surface area (Å²) in [6, 6.07) is 102. The summed E-state index contributed by atoms with van der Waals surface area (Å²) in [5.74, 6) is 0. The van der Waals surface area contributed by atoms with Gasteiger partial charge in [0.15, 0.2) is 0 Å². The van der Waals surface area contributed by atoms with Gasteiger partial charge in [0.2, 0.25) is 0 Å². The third-order valence-corrected chi connectivity index (χ3v) is 17.2. The van der Waals surface area contributed by atoms with Gasteiger partial charge in [0.1, 0.15) is 0 Å². The summed E-state index contributed by atoms with van der Waals surface area (Å²) < 4.78 is 4.76. The van der Waals surface area contributed by atoms with Crippen molar-refractivity contribution in [2.75, 3.05) is 9.80 Å². The maximum absolute atomic E-state index is 4.16. The van der Waals surface area contributed by atoms with Crippen molar-refractivity contribution in [3.05, 3.63) is 314 Å². The summed E-state index contributed by atoms with van der Waals surface area (Å²) in [7, 11) is 0. The molecule has 0 atom stereocenters. The molecule has 2 aromatic heterocycles. The second-order valence-corrected chi connectivity index (χ2v) is 22.3. The van der Waals surface area contributed by atoms with Gasteiger partial charge in [0, 0.05) is 72.5 Å². The van der Waals surface area contributed by atoms with Gasteiger partial charge in [-0.3, -0.25) is 0 Å². The van der Waals surface area contributed by atoms with Crippen LogP contribution in [0.1, 0.15) is 36.1 Å². The molecule has 394 valence electrons. The van der Waals surface area contributed by atoms with Crippen molar-refractivity contribution in [3.8, 4) is 44.8 Å². The smallest absolute Gasteiger partial charge is 0.0542 e. The summed E-state index contributed by atoms with van der Waals surface area (Å²) in [6.07, 6.45) is 3.88. The van der Waals surface area contributed by atoms with Crippen LogP contribution in [0.25, 0.3) is 101 Å². The van der Waals surface area contributed by atoms with Crippen molar-refractivity contribution in [2.45, 2.75) is 19.3 Å². The van der Waals surface area contributed by atoms with Crippen LogP contribution in [0.15, 0.2) is 292 Å². The number of hydrogen-bond acceptors (Lipinski definition) is 2. The van der Waals surface area contributed by atoms with Crippen LogP contribution in [0.2, 0.25) is 0 Å². The molecule has 15 rings (SSSR count). The van der Waals surface area contributed by atoms with Crippen LogP contribution < -0.4 is 9.80 Å². The molecule has 1 aliphatic rings. The quantitative estimate of drug-likeness (QED) is 0.121. The van der Waals surface area contributed by atoms with Gasteiger partial charge in [0.25, 0.3) is 0 Å². The third kappa shape index (κ3) is 8.29. The predicted molar refractivity (Wildman–Crippen MR) is 353 cm³/mol. The Hall–Kier alpha value is -10.7. The molecule has 83 heavy (non-hydrogen) atoms. The molecule has 0 saturated heterocycles. The van der Waals surface area contributed by atoms with E-state index in [1.807, 2.05) is 12.2 Å². The van der Waals surface area contributed by atoms with E-state index < -0.39 is 0 Å². The van der Waals surface area contributed by atoms with Crippen molar-refractivity contribution < 1.29 is 0 Å². The topological polar surface area (TPSA) is 16.3 Å². The average molecular weight is 1060 g/mol. The maximum Gasteiger partial charge on any atom is 0.0542 e. The van der Waals surface area contributed by atoms with Gasteiger partial charge in [-0.1, -0.05) is 185 Å². The van der Waals surface area contributed by atoms with Gasteiger partial charge >= 0.3 is 0 Å². The highest BCUT2D eigenvalue weighted by Crippen LogP contribution is 2.53. The fourth-order valence-corrected chi connectivity index (χ4v) is 13.1. The van der Waals surface area contributed by atoms with Crippen LogP contribution in [0.5, 0.6) is 0 Å². The number of fused-ring (bicyclic) bond motifs is 9. The maximum atomic E-state index is 4.16. The van der Waals surface area contributed by atoms with Crippen molar-refractivity contribution in [1.29, 1.82) is 0 Å². The molecular formula is C79H58N4. The zero-order valence-electron chi connectivity index (χ0n) is 46.4. The van der Waals surface area contributed by atoms with Crippen LogP contribution in [0, 0.1) is 0 Å². The van der Waals surface area contributed by atoms with Gasteiger partial charge in [-0.05, 0) is 189 Å². The Balaban J connectivity index is 0.873. The molecule has 12 aromatic carbocycles. The van der Waals surface area contributed by atoms with Crippen LogP contribution >= 0.6 is 0 Å². The number of nitrogens with zero attached hydrogens (tertiary/aromatic N) is 4. The highest BCUT2D eigenvalue weighted by Gasteiger charge is 2.37.